The minimum absolute atomic E-state index is 0. The van der Waals surface area contributed by atoms with Crippen LogP contribution in [0, 0.1) is 0 Å². The van der Waals surface area contributed by atoms with E-state index in [2.05, 4.69) is 22.0 Å². The van der Waals surface area contributed by atoms with E-state index in [4.69, 9.17) is 5.73 Å². The number of nitrogens with two attached hydrogens (primary N) is 1. The number of hydrogen-bond donors (Lipinski definition) is 2. The Morgan fingerprint density at radius 2 is 1.57 bits per heavy atom. The molecular weight excluding hydrogens is 311 g/mol. The van der Waals surface area contributed by atoms with Crippen molar-refractivity contribution in [2.24, 2.45) is 5.73 Å². The van der Waals surface area contributed by atoms with Crippen LogP contribution >= 0.6 is 24.8 Å². The predicted molar refractivity (Wildman–Crippen MR) is 91.4 cm³/mol. The van der Waals surface area contributed by atoms with E-state index in [1.54, 1.807) is 0 Å². The second-order valence-corrected chi connectivity index (χ2v) is 5.89. The molecule has 0 aliphatic carbocycles. The molecule has 2 aliphatic heterocycles. The Labute approximate surface area is 140 Å². The number of rotatable bonds is 4. The largest absolute Gasteiger partial charge is 0.352 e. The van der Waals surface area contributed by atoms with Crippen LogP contribution < -0.4 is 11.1 Å². The average molecular weight is 341 g/mol. The highest BCUT2D eigenvalue weighted by Crippen LogP contribution is 2.10. The van der Waals surface area contributed by atoms with Crippen molar-refractivity contribution in [2.45, 2.75) is 44.7 Å². The standard InChI is InChI=1S/C14H28N4O.2ClH/c1-2-17-9-5-13(6-10-17)16-14(19)11-18-7-3-12(15)4-8-18;;/h12-13H,2-11,15H2,1H3,(H,16,19);2*1H. The smallest absolute Gasteiger partial charge is 0.234 e. The summed E-state index contributed by atoms with van der Waals surface area (Å²) >= 11 is 0. The number of likely N-dealkylation sites (tertiary alicyclic amines) is 2. The number of nitrogens with zero attached hydrogens (tertiary/aromatic N) is 2. The molecule has 2 aliphatic rings. The molecule has 2 heterocycles. The zero-order valence-corrected chi connectivity index (χ0v) is 14.6. The minimum atomic E-state index is 0. The van der Waals surface area contributed by atoms with Crippen LogP contribution in [0.3, 0.4) is 0 Å². The summed E-state index contributed by atoms with van der Waals surface area (Å²) in [7, 11) is 0. The van der Waals surface area contributed by atoms with Gasteiger partial charge in [-0.1, -0.05) is 6.92 Å². The number of amides is 1. The van der Waals surface area contributed by atoms with Gasteiger partial charge in [0, 0.05) is 38.3 Å². The van der Waals surface area contributed by atoms with Gasteiger partial charge in [-0.2, -0.15) is 0 Å². The Bertz CT molecular complexity index is 291. The third kappa shape index (κ3) is 7.15. The van der Waals surface area contributed by atoms with Crippen LogP contribution in [0.4, 0.5) is 0 Å². The van der Waals surface area contributed by atoms with Crippen molar-refractivity contribution < 1.29 is 4.79 Å². The van der Waals surface area contributed by atoms with Gasteiger partial charge in [-0.05, 0) is 32.2 Å². The van der Waals surface area contributed by atoms with Gasteiger partial charge in [-0.3, -0.25) is 9.69 Å². The van der Waals surface area contributed by atoms with E-state index in [0.29, 0.717) is 18.6 Å². The van der Waals surface area contributed by atoms with Gasteiger partial charge in [0.1, 0.15) is 0 Å². The number of carbonyl (C=O) groups excluding carboxylic acids is 1. The van der Waals surface area contributed by atoms with Crippen molar-refractivity contribution in [1.29, 1.82) is 0 Å². The first kappa shape index (κ1) is 20.9. The van der Waals surface area contributed by atoms with Crippen LogP contribution in [0.2, 0.25) is 0 Å². The molecule has 126 valence electrons. The molecule has 0 aromatic rings. The van der Waals surface area contributed by atoms with Gasteiger partial charge in [0.25, 0.3) is 0 Å². The van der Waals surface area contributed by atoms with Gasteiger partial charge >= 0.3 is 0 Å². The van der Waals surface area contributed by atoms with Gasteiger partial charge < -0.3 is 16.0 Å². The van der Waals surface area contributed by atoms with Gasteiger partial charge in [0.15, 0.2) is 0 Å². The van der Waals surface area contributed by atoms with E-state index < -0.39 is 0 Å². The Morgan fingerprint density at radius 1 is 1.05 bits per heavy atom. The summed E-state index contributed by atoms with van der Waals surface area (Å²) < 4.78 is 0. The molecule has 0 unspecified atom stereocenters. The van der Waals surface area contributed by atoms with Crippen LogP contribution in [0.15, 0.2) is 0 Å². The maximum atomic E-state index is 12.0. The Balaban J connectivity index is 0.00000200. The van der Waals surface area contributed by atoms with E-state index in [-0.39, 0.29) is 30.7 Å². The van der Waals surface area contributed by atoms with E-state index in [0.717, 1.165) is 58.4 Å². The van der Waals surface area contributed by atoms with Crippen LogP contribution in [0.1, 0.15) is 32.6 Å². The minimum Gasteiger partial charge on any atom is -0.352 e. The molecule has 1 amide bonds. The molecule has 0 saturated carbocycles. The fourth-order valence-corrected chi connectivity index (χ4v) is 2.98. The van der Waals surface area contributed by atoms with E-state index in [9.17, 15) is 4.79 Å². The van der Waals surface area contributed by atoms with Gasteiger partial charge in [0.05, 0.1) is 6.54 Å². The highest BCUT2D eigenvalue weighted by molar-refractivity contribution is 5.85. The third-order valence-corrected chi connectivity index (χ3v) is 4.40. The summed E-state index contributed by atoms with van der Waals surface area (Å²) in [6.07, 6.45) is 4.21. The topological polar surface area (TPSA) is 61.6 Å². The maximum Gasteiger partial charge on any atom is 0.234 e. The average Bonchev–Trinajstić information content (AvgIpc) is 2.42. The SMILES string of the molecule is CCN1CCC(NC(=O)CN2CCC(N)CC2)CC1.Cl.Cl. The zero-order valence-electron chi connectivity index (χ0n) is 12.9. The first-order chi connectivity index (χ1) is 9.17. The number of carbonyl (C=O) groups is 1. The molecule has 2 fully saturated rings. The highest BCUT2D eigenvalue weighted by atomic mass is 35.5. The fourth-order valence-electron chi connectivity index (χ4n) is 2.98. The summed E-state index contributed by atoms with van der Waals surface area (Å²) in [6, 6.07) is 0.708. The van der Waals surface area contributed by atoms with Gasteiger partial charge in [0.2, 0.25) is 5.91 Å². The lowest BCUT2D eigenvalue weighted by Gasteiger charge is -2.33. The second-order valence-electron chi connectivity index (χ2n) is 5.89. The van der Waals surface area contributed by atoms with E-state index >= 15 is 0 Å². The number of piperidine rings is 2. The molecule has 2 rings (SSSR count). The maximum absolute atomic E-state index is 12.0. The number of nitrogens with one attached hydrogen (secondary N) is 1. The number of hydrogen-bond acceptors (Lipinski definition) is 4. The first-order valence-electron chi connectivity index (χ1n) is 7.67. The van der Waals surface area contributed by atoms with E-state index in [1.165, 1.54) is 0 Å². The van der Waals surface area contributed by atoms with Crippen molar-refractivity contribution in [3.8, 4) is 0 Å². The molecule has 0 aromatic carbocycles. The Hall–Kier alpha value is -0.0700. The van der Waals surface area contributed by atoms with Crippen LogP contribution in [0.5, 0.6) is 0 Å². The summed E-state index contributed by atoms with van der Waals surface area (Å²) in [5.41, 5.74) is 5.87. The van der Waals surface area contributed by atoms with Crippen LogP contribution in [-0.2, 0) is 4.79 Å². The van der Waals surface area contributed by atoms with Crippen molar-refractivity contribution in [2.75, 3.05) is 39.3 Å². The zero-order chi connectivity index (χ0) is 13.7. The first-order valence-corrected chi connectivity index (χ1v) is 7.67. The lowest BCUT2D eigenvalue weighted by atomic mass is 10.0. The van der Waals surface area contributed by atoms with E-state index in [1.807, 2.05) is 0 Å². The van der Waals surface area contributed by atoms with Gasteiger partial charge in [-0.25, -0.2) is 0 Å². The molecule has 0 bridgehead atoms. The molecule has 0 spiro atoms. The van der Waals surface area contributed by atoms with Crippen molar-refractivity contribution in [1.82, 2.24) is 15.1 Å². The molecule has 2 saturated heterocycles. The predicted octanol–water partition coefficient (Wildman–Crippen LogP) is 0.854. The monoisotopic (exact) mass is 340 g/mol. The molecule has 5 nitrogen and oxygen atoms in total. The molecule has 7 heteroatoms. The summed E-state index contributed by atoms with van der Waals surface area (Å²) in [4.78, 5) is 16.7. The quantitative estimate of drug-likeness (QED) is 0.796. The third-order valence-electron chi connectivity index (χ3n) is 4.40. The van der Waals surface area contributed by atoms with Crippen LogP contribution in [-0.4, -0.2) is 67.1 Å². The molecule has 3 N–H and O–H groups in total. The van der Waals surface area contributed by atoms with Crippen molar-refractivity contribution in [3.05, 3.63) is 0 Å². The lowest BCUT2D eigenvalue weighted by molar-refractivity contribution is -0.123. The summed E-state index contributed by atoms with van der Waals surface area (Å²) in [5, 5.41) is 3.18. The van der Waals surface area contributed by atoms with Crippen LogP contribution in [0.25, 0.3) is 0 Å². The Morgan fingerprint density at radius 3 is 2.10 bits per heavy atom. The molecule has 21 heavy (non-hydrogen) atoms. The summed E-state index contributed by atoms with van der Waals surface area (Å²) in [6.45, 7) is 8.00. The molecular formula is C14H30Cl2N4O. The Kier molecular flexibility index (Phi) is 10.6. The molecule has 0 radical (unpaired) electrons. The molecule has 0 aromatic heterocycles. The second kappa shape index (κ2) is 10.6. The number of halogens is 2. The van der Waals surface area contributed by atoms with Crippen molar-refractivity contribution in [3.63, 3.8) is 0 Å². The normalized spacial score (nSPS) is 22.2. The van der Waals surface area contributed by atoms with Gasteiger partial charge in [-0.15, -0.1) is 24.8 Å². The fraction of sp³-hybridized carbons (Fsp3) is 0.929. The molecule has 0 atom stereocenters. The van der Waals surface area contributed by atoms with Crippen molar-refractivity contribution >= 4 is 30.7 Å². The lowest BCUT2D eigenvalue weighted by Crippen LogP contribution is -2.49. The summed E-state index contributed by atoms with van der Waals surface area (Å²) in [5.74, 6) is 0.186. The highest BCUT2D eigenvalue weighted by Gasteiger charge is 2.22.